The summed E-state index contributed by atoms with van der Waals surface area (Å²) < 4.78 is 5.17. The van der Waals surface area contributed by atoms with Gasteiger partial charge in [0.05, 0.1) is 40.2 Å². The van der Waals surface area contributed by atoms with Crippen molar-refractivity contribution < 1.29 is 15.0 Å². The minimum atomic E-state index is 0.439. The Hall–Kier alpha value is -1.57. The van der Waals surface area contributed by atoms with Gasteiger partial charge in [-0.05, 0) is 24.3 Å². The van der Waals surface area contributed by atoms with Crippen molar-refractivity contribution in [3.8, 4) is 11.8 Å². The van der Waals surface area contributed by atoms with Crippen molar-refractivity contribution in [2.24, 2.45) is 0 Å². The number of ether oxygens (including phenoxy) is 1. The van der Waals surface area contributed by atoms with Gasteiger partial charge in [0, 0.05) is 5.56 Å². The van der Waals surface area contributed by atoms with E-state index < -0.39 is 0 Å². The molecule has 1 rings (SSSR count). The van der Waals surface area contributed by atoms with Crippen LogP contribution in [0.5, 0.6) is 5.75 Å². The molecule has 0 radical (unpaired) electrons. The fourth-order valence-electron chi connectivity index (χ4n) is 1.99. The molecule has 1 atom stereocenters. The molecule has 3 N–H and O–H groups in total. The van der Waals surface area contributed by atoms with Gasteiger partial charge in [-0.15, -0.1) is 0 Å². The van der Waals surface area contributed by atoms with Crippen molar-refractivity contribution in [3.63, 3.8) is 0 Å². The minimum absolute atomic E-state index is 0.439. The van der Waals surface area contributed by atoms with Crippen LogP contribution in [-0.4, -0.2) is 34.3 Å². The van der Waals surface area contributed by atoms with Crippen molar-refractivity contribution in [1.29, 1.82) is 5.26 Å². The molecule has 0 amide bonds. The zero-order valence-corrected chi connectivity index (χ0v) is 11.4. The second-order valence-corrected chi connectivity index (χ2v) is 4.62. The summed E-state index contributed by atoms with van der Waals surface area (Å²) in [5, 5.41) is 10.7. The van der Waals surface area contributed by atoms with Crippen LogP contribution in [0.3, 0.4) is 0 Å². The number of benzene rings is 1. The summed E-state index contributed by atoms with van der Waals surface area (Å²) in [5.41, 5.74) is 1.31. The van der Waals surface area contributed by atoms with E-state index in [2.05, 4.69) is 37.6 Å². The molecule has 0 aromatic heterocycles. The lowest BCUT2D eigenvalue weighted by Crippen LogP contribution is -3.09. The molecule has 1 aromatic carbocycles. The Morgan fingerprint density at radius 1 is 1.33 bits per heavy atom. The molecule has 0 unspecified atom stereocenters. The molecular formula is C14H23N3O+2. The Morgan fingerprint density at radius 3 is 2.50 bits per heavy atom. The fourth-order valence-corrected chi connectivity index (χ4v) is 1.99. The number of hydrogen-bond acceptors (Lipinski definition) is 2. The van der Waals surface area contributed by atoms with Crippen LogP contribution in [0.2, 0.25) is 0 Å². The molecule has 4 nitrogen and oxygen atoms in total. The molecular weight excluding hydrogens is 226 g/mol. The highest BCUT2D eigenvalue weighted by atomic mass is 16.5. The van der Waals surface area contributed by atoms with E-state index in [1.807, 2.05) is 12.1 Å². The summed E-state index contributed by atoms with van der Waals surface area (Å²) in [6.07, 6.45) is 0.609. The van der Waals surface area contributed by atoms with E-state index in [0.717, 1.165) is 18.8 Å². The van der Waals surface area contributed by atoms with Gasteiger partial charge >= 0.3 is 0 Å². The van der Waals surface area contributed by atoms with E-state index in [9.17, 15) is 0 Å². The molecule has 0 aliphatic heterocycles. The van der Waals surface area contributed by atoms with Crippen LogP contribution in [0, 0.1) is 11.3 Å². The molecule has 0 aliphatic rings. The lowest BCUT2D eigenvalue weighted by molar-refractivity contribution is -0.909. The summed E-state index contributed by atoms with van der Waals surface area (Å²) in [6, 6.07) is 10.9. The molecule has 0 fully saturated rings. The highest BCUT2D eigenvalue weighted by molar-refractivity contribution is 5.28. The molecule has 0 spiro atoms. The van der Waals surface area contributed by atoms with Gasteiger partial charge in [-0.2, -0.15) is 5.26 Å². The number of likely N-dealkylation sites (N-methyl/N-ethyl adjacent to an activating group) is 1. The SMILES string of the molecule is COc1ccc([C@H](C[NH2+]CCC#N)[NH+](C)C)cc1. The van der Waals surface area contributed by atoms with Crippen molar-refractivity contribution in [3.05, 3.63) is 29.8 Å². The van der Waals surface area contributed by atoms with Crippen LogP contribution < -0.4 is 15.0 Å². The number of rotatable bonds is 7. The third-order valence-electron chi connectivity index (χ3n) is 3.08. The molecule has 98 valence electrons. The minimum Gasteiger partial charge on any atom is -0.497 e. The maximum atomic E-state index is 8.53. The average molecular weight is 249 g/mol. The van der Waals surface area contributed by atoms with Crippen LogP contribution in [0.15, 0.2) is 24.3 Å². The van der Waals surface area contributed by atoms with Gasteiger partial charge in [-0.1, -0.05) is 0 Å². The average Bonchev–Trinajstić information content (AvgIpc) is 2.39. The highest BCUT2D eigenvalue weighted by Gasteiger charge is 2.19. The molecule has 1 aromatic rings. The maximum Gasteiger partial charge on any atom is 0.162 e. The van der Waals surface area contributed by atoms with Crippen LogP contribution in [0.25, 0.3) is 0 Å². The summed E-state index contributed by atoms with van der Waals surface area (Å²) >= 11 is 0. The summed E-state index contributed by atoms with van der Waals surface area (Å²) in [7, 11) is 6.00. The largest absolute Gasteiger partial charge is 0.497 e. The van der Waals surface area contributed by atoms with Gasteiger partial charge in [-0.25, -0.2) is 0 Å². The topological polar surface area (TPSA) is 54.1 Å². The van der Waals surface area contributed by atoms with Crippen molar-refractivity contribution in [2.75, 3.05) is 34.3 Å². The Balaban J connectivity index is 2.62. The monoisotopic (exact) mass is 249 g/mol. The number of nitriles is 1. The van der Waals surface area contributed by atoms with Crippen LogP contribution in [0.4, 0.5) is 0 Å². The zero-order chi connectivity index (χ0) is 13.4. The Kier molecular flexibility index (Phi) is 6.20. The second-order valence-electron chi connectivity index (χ2n) is 4.62. The second kappa shape index (κ2) is 7.70. The molecule has 0 aliphatic carbocycles. The first-order chi connectivity index (χ1) is 8.69. The normalized spacial score (nSPS) is 12.2. The maximum absolute atomic E-state index is 8.53. The molecule has 0 saturated carbocycles. The Labute approximate surface area is 109 Å². The lowest BCUT2D eigenvalue weighted by atomic mass is 10.1. The van der Waals surface area contributed by atoms with Crippen LogP contribution >= 0.6 is 0 Å². The van der Waals surface area contributed by atoms with E-state index in [0.29, 0.717) is 12.5 Å². The Morgan fingerprint density at radius 2 is 2.00 bits per heavy atom. The van der Waals surface area contributed by atoms with Gasteiger partial charge in [0.1, 0.15) is 12.3 Å². The summed E-state index contributed by atoms with van der Waals surface area (Å²) in [5.74, 6) is 0.889. The fraction of sp³-hybridized carbons (Fsp3) is 0.500. The van der Waals surface area contributed by atoms with E-state index in [1.165, 1.54) is 10.5 Å². The smallest absolute Gasteiger partial charge is 0.162 e. The summed E-state index contributed by atoms with van der Waals surface area (Å²) in [4.78, 5) is 1.40. The van der Waals surface area contributed by atoms with Gasteiger partial charge in [0.25, 0.3) is 0 Å². The van der Waals surface area contributed by atoms with Gasteiger partial charge in [0.2, 0.25) is 0 Å². The number of nitrogens with two attached hydrogens (primary N) is 1. The van der Waals surface area contributed by atoms with Crippen molar-refractivity contribution in [2.45, 2.75) is 12.5 Å². The van der Waals surface area contributed by atoms with E-state index >= 15 is 0 Å². The van der Waals surface area contributed by atoms with Gasteiger partial charge in [0.15, 0.2) is 6.04 Å². The summed E-state index contributed by atoms with van der Waals surface area (Å²) in [6.45, 7) is 1.87. The first-order valence-corrected chi connectivity index (χ1v) is 6.31. The molecule has 0 bridgehead atoms. The quantitative estimate of drug-likeness (QED) is 0.632. The third kappa shape index (κ3) is 4.36. The van der Waals surface area contributed by atoms with E-state index in [1.54, 1.807) is 7.11 Å². The molecule has 4 heteroatoms. The zero-order valence-electron chi connectivity index (χ0n) is 11.4. The molecule has 0 saturated heterocycles. The van der Waals surface area contributed by atoms with Gasteiger partial charge < -0.3 is 15.0 Å². The highest BCUT2D eigenvalue weighted by Crippen LogP contribution is 2.14. The van der Waals surface area contributed by atoms with E-state index in [-0.39, 0.29) is 0 Å². The number of methoxy groups -OCH3 is 1. The number of quaternary nitrogens is 2. The number of nitrogens with one attached hydrogen (secondary N) is 1. The lowest BCUT2D eigenvalue weighted by Gasteiger charge is -2.20. The van der Waals surface area contributed by atoms with Crippen LogP contribution in [-0.2, 0) is 0 Å². The van der Waals surface area contributed by atoms with Gasteiger partial charge in [-0.3, -0.25) is 0 Å². The Bertz CT molecular complexity index is 381. The molecule has 18 heavy (non-hydrogen) atoms. The third-order valence-corrected chi connectivity index (χ3v) is 3.08. The number of hydrogen-bond donors (Lipinski definition) is 2. The van der Waals surface area contributed by atoms with Crippen molar-refractivity contribution in [1.82, 2.24) is 0 Å². The molecule has 0 heterocycles. The predicted octanol–water partition coefficient (Wildman–Crippen LogP) is -0.642. The van der Waals surface area contributed by atoms with Crippen molar-refractivity contribution >= 4 is 0 Å². The first kappa shape index (κ1) is 14.5. The standard InChI is InChI=1S/C14H21N3O/c1-17(2)14(11-16-10-4-9-15)12-5-7-13(18-3)8-6-12/h5-8,14,16H,4,10-11H2,1-3H3/p+2/t14-/m0/s1. The first-order valence-electron chi connectivity index (χ1n) is 6.31. The van der Waals surface area contributed by atoms with Crippen LogP contribution in [0.1, 0.15) is 18.0 Å². The number of nitrogens with zero attached hydrogens (tertiary/aromatic N) is 1. The van der Waals surface area contributed by atoms with E-state index in [4.69, 9.17) is 10.00 Å². The predicted molar refractivity (Wildman–Crippen MR) is 70.4 cm³/mol.